The number of nitrogens with zero attached hydrogens (tertiary/aromatic N) is 3. The van der Waals surface area contributed by atoms with Crippen LogP contribution in [-0.2, 0) is 7.05 Å². The summed E-state index contributed by atoms with van der Waals surface area (Å²) in [6, 6.07) is 5.74. The summed E-state index contributed by atoms with van der Waals surface area (Å²) in [5.41, 5.74) is 0.710. The van der Waals surface area contributed by atoms with Crippen molar-refractivity contribution in [2.75, 3.05) is 11.9 Å². The van der Waals surface area contributed by atoms with Crippen LogP contribution in [0.1, 0.15) is 18.5 Å². The second-order valence-corrected chi connectivity index (χ2v) is 4.31. The summed E-state index contributed by atoms with van der Waals surface area (Å²) < 4.78 is 27.8. The maximum absolute atomic E-state index is 13.2. The number of aryl methyl sites for hydroxylation is 1. The zero-order valence-electron chi connectivity index (χ0n) is 10.6. The molecule has 1 aromatic carbocycles. The van der Waals surface area contributed by atoms with Gasteiger partial charge in [0.15, 0.2) is 17.5 Å². The Balaban J connectivity index is 2.25. The van der Waals surface area contributed by atoms with Crippen molar-refractivity contribution in [2.24, 2.45) is 7.05 Å². The molecular weight excluding hydrogens is 236 g/mol. The molecule has 0 fully saturated rings. The smallest absolute Gasteiger partial charge is 0.159 e. The molecule has 1 aromatic heterocycles. The fourth-order valence-electron chi connectivity index (χ4n) is 1.79. The van der Waals surface area contributed by atoms with E-state index in [1.54, 1.807) is 10.7 Å². The number of anilines is 1. The molecule has 0 radical (unpaired) electrons. The largest absolute Gasteiger partial charge is 0.351 e. The lowest BCUT2D eigenvalue weighted by Gasteiger charge is -2.25. The maximum atomic E-state index is 13.2. The first-order chi connectivity index (χ1) is 8.49. The fraction of sp³-hybridized carbons (Fsp3) is 0.308. The highest BCUT2D eigenvalue weighted by molar-refractivity contribution is 5.40. The number of hydrogen-bond acceptors (Lipinski definition) is 2. The third-order valence-electron chi connectivity index (χ3n) is 3.07. The topological polar surface area (TPSA) is 21.1 Å². The molecule has 2 rings (SSSR count). The van der Waals surface area contributed by atoms with Gasteiger partial charge in [0.25, 0.3) is 0 Å². The molecule has 0 aliphatic carbocycles. The van der Waals surface area contributed by atoms with Crippen LogP contribution in [0.15, 0.2) is 30.5 Å². The molecule has 0 aliphatic rings. The molecule has 0 spiro atoms. The van der Waals surface area contributed by atoms with Crippen LogP contribution >= 0.6 is 0 Å². The van der Waals surface area contributed by atoms with E-state index in [9.17, 15) is 8.78 Å². The predicted molar refractivity (Wildman–Crippen MR) is 66.4 cm³/mol. The van der Waals surface area contributed by atoms with Crippen LogP contribution < -0.4 is 4.90 Å². The maximum Gasteiger partial charge on any atom is 0.159 e. The van der Waals surface area contributed by atoms with E-state index < -0.39 is 11.6 Å². The van der Waals surface area contributed by atoms with E-state index in [1.807, 2.05) is 38.2 Å². The summed E-state index contributed by atoms with van der Waals surface area (Å²) in [4.78, 5) is 1.91. The van der Waals surface area contributed by atoms with Gasteiger partial charge in [-0.05, 0) is 24.6 Å². The van der Waals surface area contributed by atoms with Crippen LogP contribution in [-0.4, -0.2) is 16.8 Å². The second-order valence-electron chi connectivity index (χ2n) is 4.31. The minimum atomic E-state index is -0.827. The molecule has 18 heavy (non-hydrogen) atoms. The van der Waals surface area contributed by atoms with Crippen molar-refractivity contribution in [2.45, 2.75) is 13.0 Å². The van der Waals surface area contributed by atoms with E-state index >= 15 is 0 Å². The van der Waals surface area contributed by atoms with Crippen LogP contribution in [0.5, 0.6) is 0 Å². The van der Waals surface area contributed by atoms with Gasteiger partial charge >= 0.3 is 0 Å². The third kappa shape index (κ3) is 2.34. The van der Waals surface area contributed by atoms with Crippen LogP contribution in [0, 0.1) is 11.6 Å². The standard InChI is InChI=1S/C13H15F2N3/c1-9(10-4-5-11(14)12(15)8-10)18(3)13-6-7-17(2)16-13/h4-9H,1-3H3/t9-/m0/s1. The quantitative estimate of drug-likeness (QED) is 0.836. The zero-order valence-corrected chi connectivity index (χ0v) is 10.6. The Bertz CT molecular complexity index is 551. The van der Waals surface area contributed by atoms with E-state index in [0.29, 0.717) is 5.56 Å². The molecular formula is C13H15F2N3. The van der Waals surface area contributed by atoms with Gasteiger partial charge in [-0.2, -0.15) is 5.10 Å². The number of rotatable bonds is 3. The first kappa shape index (κ1) is 12.5. The summed E-state index contributed by atoms with van der Waals surface area (Å²) >= 11 is 0. The lowest BCUT2D eigenvalue weighted by molar-refractivity contribution is 0.505. The van der Waals surface area contributed by atoms with E-state index in [0.717, 1.165) is 11.9 Å². The Morgan fingerprint density at radius 3 is 2.50 bits per heavy atom. The van der Waals surface area contributed by atoms with Gasteiger partial charge in [0.1, 0.15) is 0 Å². The number of aromatic nitrogens is 2. The molecule has 3 nitrogen and oxygen atoms in total. The zero-order chi connectivity index (χ0) is 13.3. The summed E-state index contributed by atoms with van der Waals surface area (Å²) in [5, 5.41) is 4.27. The van der Waals surface area contributed by atoms with Gasteiger partial charge in [-0.1, -0.05) is 6.07 Å². The van der Waals surface area contributed by atoms with Gasteiger partial charge < -0.3 is 4.90 Å². The number of halogens is 2. The highest BCUT2D eigenvalue weighted by Gasteiger charge is 2.15. The Morgan fingerprint density at radius 1 is 1.22 bits per heavy atom. The van der Waals surface area contributed by atoms with Crippen LogP contribution in [0.3, 0.4) is 0 Å². The van der Waals surface area contributed by atoms with E-state index in [-0.39, 0.29) is 6.04 Å². The Kier molecular flexibility index (Phi) is 3.32. The molecule has 0 saturated carbocycles. The molecule has 0 saturated heterocycles. The van der Waals surface area contributed by atoms with Gasteiger partial charge in [0.05, 0.1) is 6.04 Å². The van der Waals surface area contributed by atoms with Crippen LogP contribution in [0.2, 0.25) is 0 Å². The van der Waals surface area contributed by atoms with Gasteiger partial charge in [0.2, 0.25) is 0 Å². The molecule has 0 aliphatic heterocycles. The number of hydrogen-bond donors (Lipinski definition) is 0. The van der Waals surface area contributed by atoms with E-state index in [2.05, 4.69) is 5.10 Å². The lowest BCUT2D eigenvalue weighted by Crippen LogP contribution is -2.22. The molecule has 0 amide bonds. The van der Waals surface area contributed by atoms with Crippen molar-refractivity contribution in [1.29, 1.82) is 0 Å². The summed E-state index contributed by atoms with van der Waals surface area (Å²) in [7, 11) is 3.70. The van der Waals surface area contributed by atoms with Crippen molar-refractivity contribution in [3.8, 4) is 0 Å². The van der Waals surface area contributed by atoms with Crippen LogP contribution in [0.4, 0.5) is 14.6 Å². The lowest BCUT2D eigenvalue weighted by atomic mass is 10.1. The molecule has 0 unspecified atom stereocenters. The molecule has 0 N–H and O–H groups in total. The second kappa shape index (κ2) is 4.76. The average Bonchev–Trinajstić information content (AvgIpc) is 2.77. The van der Waals surface area contributed by atoms with Crippen LogP contribution in [0.25, 0.3) is 0 Å². The minimum Gasteiger partial charge on any atom is -0.351 e. The fourth-order valence-corrected chi connectivity index (χ4v) is 1.79. The molecule has 96 valence electrons. The highest BCUT2D eigenvalue weighted by atomic mass is 19.2. The molecule has 5 heteroatoms. The van der Waals surface area contributed by atoms with Crippen molar-refractivity contribution >= 4 is 5.82 Å². The predicted octanol–water partition coefficient (Wildman–Crippen LogP) is 2.90. The SMILES string of the molecule is C[C@@H](c1ccc(F)c(F)c1)N(C)c1ccn(C)n1. The van der Waals surface area contributed by atoms with Gasteiger partial charge in [-0.25, -0.2) is 8.78 Å². The molecule has 1 atom stereocenters. The summed E-state index contributed by atoms with van der Waals surface area (Å²) in [5.74, 6) is -0.866. The Hall–Kier alpha value is -1.91. The average molecular weight is 251 g/mol. The van der Waals surface area contributed by atoms with E-state index in [1.165, 1.54) is 6.07 Å². The van der Waals surface area contributed by atoms with Gasteiger partial charge in [-0.3, -0.25) is 4.68 Å². The Labute approximate surface area is 105 Å². The van der Waals surface area contributed by atoms with Gasteiger partial charge in [-0.15, -0.1) is 0 Å². The number of benzene rings is 1. The molecule has 2 aromatic rings. The molecule has 0 bridgehead atoms. The summed E-state index contributed by atoms with van der Waals surface area (Å²) in [6.45, 7) is 1.92. The minimum absolute atomic E-state index is 0.0880. The van der Waals surface area contributed by atoms with Gasteiger partial charge in [0, 0.05) is 26.4 Å². The third-order valence-corrected chi connectivity index (χ3v) is 3.07. The Morgan fingerprint density at radius 2 is 1.94 bits per heavy atom. The normalized spacial score (nSPS) is 12.5. The highest BCUT2D eigenvalue weighted by Crippen LogP contribution is 2.24. The first-order valence-corrected chi connectivity index (χ1v) is 5.66. The first-order valence-electron chi connectivity index (χ1n) is 5.66. The van der Waals surface area contributed by atoms with E-state index in [4.69, 9.17) is 0 Å². The van der Waals surface area contributed by atoms with Crippen molar-refractivity contribution < 1.29 is 8.78 Å². The monoisotopic (exact) mass is 251 g/mol. The van der Waals surface area contributed by atoms with Crippen molar-refractivity contribution in [1.82, 2.24) is 9.78 Å². The summed E-state index contributed by atoms with van der Waals surface area (Å²) in [6.07, 6.45) is 1.84. The molecule has 1 heterocycles. The van der Waals surface area contributed by atoms with Crippen molar-refractivity contribution in [3.05, 3.63) is 47.7 Å². The van der Waals surface area contributed by atoms with Crippen molar-refractivity contribution in [3.63, 3.8) is 0 Å².